The summed E-state index contributed by atoms with van der Waals surface area (Å²) in [6.07, 6.45) is 3.47. The third-order valence-corrected chi connectivity index (χ3v) is 8.73. The summed E-state index contributed by atoms with van der Waals surface area (Å²) in [6, 6.07) is 3.34. The zero-order valence-corrected chi connectivity index (χ0v) is 21.9. The first-order valence-corrected chi connectivity index (χ1v) is 12.7. The van der Waals surface area contributed by atoms with E-state index in [1.54, 1.807) is 32.9 Å². The Morgan fingerprint density at radius 2 is 1.82 bits per heavy atom. The van der Waals surface area contributed by atoms with E-state index in [4.69, 9.17) is 4.74 Å². The normalized spacial score (nSPS) is 15.2. The molecular formula is C23H33ClN6O3S. The van der Waals surface area contributed by atoms with Crippen molar-refractivity contribution in [2.24, 2.45) is 5.92 Å². The third-order valence-electron chi connectivity index (χ3n) is 6.22. The maximum Gasteiger partial charge on any atom is 0.186 e. The van der Waals surface area contributed by atoms with Crippen molar-refractivity contribution in [3.8, 4) is 5.75 Å². The Bertz CT molecular complexity index is 1260. The third kappa shape index (κ3) is 5.13. The molecule has 3 aromatic rings. The molecule has 0 atom stereocenters. The van der Waals surface area contributed by atoms with Crippen LogP contribution in [-0.2, 0) is 9.84 Å². The quantitative estimate of drug-likeness (QED) is 0.455. The Morgan fingerprint density at radius 1 is 1.12 bits per heavy atom. The number of aryl methyl sites for hydroxylation is 1. The van der Waals surface area contributed by atoms with Crippen LogP contribution in [0.2, 0.25) is 0 Å². The zero-order valence-electron chi connectivity index (χ0n) is 20.2. The lowest BCUT2D eigenvalue weighted by molar-refractivity contribution is 0.211. The Hall–Kier alpha value is -2.43. The van der Waals surface area contributed by atoms with Crippen LogP contribution in [-0.4, -0.2) is 53.0 Å². The molecule has 0 unspecified atom stereocenters. The van der Waals surface area contributed by atoms with Crippen LogP contribution < -0.4 is 15.4 Å². The first kappa shape index (κ1) is 26.2. The molecule has 9 nitrogen and oxygen atoms in total. The molecule has 0 saturated carbocycles. The van der Waals surface area contributed by atoms with Crippen molar-refractivity contribution in [2.45, 2.75) is 57.1 Å². The predicted molar refractivity (Wildman–Crippen MR) is 136 cm³/mol. The van der Waals surface area contributed by atoms with E-state index in [1.165, 1.54) is 6.33 Å². The fourth-order valence-corrected chi connectivity index (χ4v) is 5.11. The van der Waals surface area contributed by atoms with Crippen molar-refractivity contribution in [2.75, 3.05) is 25.0 Å². The molecule has 11 heteroatoms. The molecule has 0 spiro atoms. The highest BCUT2D eigenvalue weighted by atomic mass is 35.5. The molecule has 34 heavy (non-hydrogen) atoms. The summed E-state index contributed by atoms with van der Waals surface area (Å²) in [4.78, 5) is 8.91. The number of nitrogens with one attached hydrogen (secondary N) is 3. The van der Waals surface area contributed by atoms with Crippen molar-refractivity contribution in [1.29, 1.82) is 0 Å². The smallest absolute Gasteiger partial charge is 0.186 e. The van der Waals surface area contributed by atoms with E-state index in [1.807, 2.05) is 13.8 Å². The van der Waals surface area contributed by atoms with Crippen molar-refractivity contribution in [3.05, 3.63) is 29.7 Å². The first-order valence-electron chi connectivity index (χ1n) is 11.2. The maximum absolute atomic E-state index is 13.5. The molecule has 1 aromatic carbocycles. The second kappa shape index (κ2) is 10.1. The molecular weight excluding hydrogens is 476 g/mol. The fourth-order valence-electron chi connectivity index (χ4n) is 3.79. The van der Waals surface area contributed by atoms with Gasteiger partial charge in [-0.05, 0) is 72.5 Å². The topological polar surface area (TPSA) is 122 Å². The number of hydrogen-bond donors (Lipinski definition) is 3. The van der Waals surface area contributed by atoms with E-state index in [0.29, 0.717) is 40.8 Å². The number of sulfone groups is 1. The highest BCUT2D eigenvalue weighted by molar-refractivity contribution is 7.92. The summed E-state index contributed by atoms with van der Waals surface area (Å²) in [7, 11) is -3.69. The molecule has 3 heterocycles. The Morgan fingerprint density at radius 3 is 2.44 bits per heavy atom. The Labute approximate surface area is 206 Å². The van der Waals surface area contributed by atoms with Gasteiger partial charge in [-0.25, -0.2) is 18.4 Å². The number of hydrogen-bond acceptors (Lipinski definition) is 8. The summed E-state index contributed by atoms with van der Waals surface area (Å²) in [5, 5.41) is 14.4. The van der Waals surface area contributed by atoms with Gasteiger partial charge in [-0.2, -0.15) is 5.10 Å². The molecule has 0 bridgehead atoms. The van der Waals surface area contributed by atoms with Crippen LogP contribution >= 0.6 is 12.4 Å². The minimum absolute atomic E-state index is 0. The van der Waals surface area contributed by atoms with Crippen molar-refractivity contribution < 1.29 is 13.2 Å². The van der Waals surface area contributed by atoms with Gasteiger partial charge in [-0.1, -0.05) is 0 Å². The molecule has 0 aliphatic carbocycles. The number of H-pyrrole nitrogens is 1. The highest BCUT2D eigenvalue weighted by Gasteiger charge is 2.34. The number of nitrogens with zero attached hydrogens (tertiary/aromatic N) is 3. The number of piperidine rings is 1. The maximum atomic E-state index is 13.5. The molecule has 1 saturated heterocycles. The van der Waals surface area contributed by atoms with E-state index in [9.17, 15) is 8.42 Å². The van der Waals surface area contributed by atoms with Crippen LogP contribution in [0.3, 0.4) is 0 Å². The van der Waals surface area contributed by atoms with Gasteiger partial charge in [0.05, 0.1) is 16.9 Å². The largest absolute Gasteiger partial charge is 0.492 e. The van der Waals surface area contributed by atoms with Crippen molar-refractivity contribution in [3.63, 3.8) is 0 Å². The van der Waals surface area contributed by atoms with Gasteiger partial charge in [-0.3, -0.25) is 5.10 Å². The van der Waals surface area contributed by atoms with Gasteiger partial charge in [-0.15, -0.1) is 12.4 Å². The SMILES string of the molecule is Cc1[nH]nc(Nc2ncnc3cc(OCC4CCNCC4)c(S(=O)(=O)C(C)(C)C)cc23)c1C.Cl. The number of aromatic nitrogens is 4. The molecule has 1 aliphatic rings. The molecule has 0 radical (unpaired) electrons. The minimum Gasteiger partial charge on any atom is -0.492 e. The van der Waals surface area contributed by atoms with Crippen LogP contribution in [0, 0.1) is 19.8 Å². The number of ether oxygens (including phenoxy) is 1. The number of rotatable bonds is 6. The molecule has 1 aliphatic heterocycles. The lowest BCUT2D eigenvalue weighted by atomic mass is 9.99. The molecule has 2 aromatic heterocycles. The van der Waals surface area contributed by atoms with Crippen LogP contribution in [0.1, 0.15) is 44.9 Å². The number of halogens is 1. The van der Waals surface area contributed by atoms with Gasteiger partial charge in [0.2, 0.25) is 0 Å². The van der Waals surface area contributed by atoms with Crippen LogP contribution in [0.4, 0.5) is 11.6 Å². The van der Waals surface area contributed by atoms with Crippen LogP contribution in [0.5, 0.6) is 5.75 Å². The monoisotopic (exact) mass is 508 g/mol. The van der Waals surface area contributed by atoms with Crippen LogP contribution in [0.15, 0.2) is 23.4 Å². The Kier molecular flexibility index (Phi) is 7.74. The lowest BCUT2D eigenvalue weighted by Crippen LogP contribution is -2.31. The van der Waals surface area contributed by atoms with Crippen molar-refractivity contribution >= 4 is 44.8 Å². The standard InChI is InChI=1S/C23H32N6O3S.ClH/c1-14-15(2)28-29-21(14)27-22-17-10-20(33(30,31)23(3,4)5)19(11-18(17)25-13-26-22)32-12-16-6-8-24-9-7-16;/h10-11,13,16,24H,6-9,12H2,1-5H3,(H2,25,26,27,28,29);1H. The van der Waals surface area contributed by atoms with Gasteiger partial charge >= 0.3 is 0 Å². The summed E-state index contributed by atoms with van der Waals surface area (Å²) < 4.78 is 32.2. The fraction of sp³-hybridized carbons (Fsp3) is 0.522. The predicted octanol–water partition coefficient (Wildman–Crippen LogP) is 4.09. The average molecular weight is 509 g/mol. The number of aromatic amines is 1. The molecule has 4 rings (SSSR count). The zero-order chi connectivity index (χ0) is 23.8. The van der Waals surface area contributed by atoms with Gasteiger partial charge < -0.3 is 15.4 Å². The highest BCUT2D eigenvalue weighted by Crippen LogP contribution is 2.37. The van der Waals surface area contributed by atoms with E-state index < -0.39 is 14.6 Å². The minimum atomic E-state index is -3.69. The lowest BCUT2D eigenvalue weighted by Gasteiger charge is -2.25. The average Bonchev–Trinajstić information content (AvgIpc) is 3.09. The van der Waals surface area contributed by atoms with Crippen molar-refractivity contribution in [1.82, 2.24) is 25.5 Å². The summed E-state index contributed by atoms with van der Waals surface area (Å²) >= 11 is 0. The summed E-state index contributed by atoms with van der Waals surface area (Å²) in [6.45, 7) is 11.3. The van der Waals surface area contributed by atoms with Crippen LogP contribution in [0.25, 0.3) is 10.9 Å². The molecule has 1 fully saturated rings. The second-order valence-electron chi connectivity index (χ2n) is 9.61. The molecule has 3 N–H and O–H groups in total. The Balaban J connectivity index is 0.00000324. The summed E-state index contributed by atoms with van der Waals surface area (Å²) in [5.74, 6) is 1.86. The number of benzene rings is 1. The first-order chi connectivity index (χ1) is 15.6. The van der Waals surface area contributed by atoms with E-state index >= 15 is 0 Å². The molecule has 186 valence electrons. The number of anilines is 2. The van der Waals surface area contributed by atoms with Gasteiger partial charge in [0, 0.05) is 22.7 Å². The number of fused-ring (bicyclic) bond motifs is 1. The van der Waals surface area contributed by atoms with Gasteiger partial charge in [0.25, 0.3) is 0 Å². The van der Waals surface area contributed by atoms with Gasteiger partial charge in [0.15, 0.2) is 15.7 Å². The summed E-state index contributed by atoms with van der Waals surface area (Å²) in [5.41, 5.74) is 2.51. The second-order valence-corrected chi connectivity index (χ2v) is 12.3. The van der Waals surface area contributed by atoms with Gasteiger partial charge in [0.1, 0.15) is 22.8 Å². The van der Waals surface area contributed by atoms with E-state index in [0.717, 1.165) is 37.2 Å². The van der Waals surface area contributed by atoms with E-state index in [-0.39, 0.29) is 17.3 Å². The molecule has 0 amide bonds. The van der Waals surface area contributed by atoms with E-state index in [2.05, 4.69) is 30.8 Å².